The van der Waals surface area contributed by atoms with Crippen molar-refractivity contribution in [3.63, 3.8) is 0 Å². The van der Waals surface area contributed by atoms with Gasteiger partial charge in [0.05, 0.1) is 13.0 Å². The Bertz CT molecular complexity index is 627. The molecule has 1 aromatic rings. The Morgan fingerprint density at radius 1 is 1.28 bits per heavy atom. The molecule has 0 aromatic heterocycles. The van der Waals surface area contributed by atoms with Gasteiger partial charge in [0, 0.05) is 37.7 Å². The molecule has 2 amide bonds. The number of carbonyl (C=O) groups is 2. The van der Waals surface area contributed by atoms with Crippen LogP contribution in [0, 0.1) is 5.92 Å². The van der Waals surface area contributed by atoms with Gasteiger partial charge in [0.2, 0.25) is 11.8 Å². The van der Waals surface area contributed by atoms with E-state index in [4.69, 9.17) is 4.74 Å². The number of methoxy groups -OCH3 is 1. The fraction of sp³-hybridized carbons (Fsp3) is 0.600. The molecule has 0 spiro atoms. The topological polar surface area (TPSA) is 49.9 Å². The molecule has 1 saturated heterocycles. The average Bonchev–Trinajstić information content (AvgIpc) is 3.46. The van der Waals surface area contributed by atoms with Crippen molar-refractivity contribution in [1.82, 2.24) is 9.80 Å². The Balaban J connectivity index is 1.72. The van der Waals surface area contributed by atoms with Crippen molar-refractivity contribution in [2.75, 3.05) is 20.2 Å². The van der Waals surface area contributed by atoms with E-state index >= 15 is 0 Å². The molecule has 0 bridgehead atoms. The van der Waals surface area contributed by atoms with Crippen LogP contribution in [-0.4, -0.2) is 47.9 Å². The highest BCUT2D eigenvalue weighted by Crippen LogP contribution is 2.33. The van der Waals surface area contributed by atoms with Gasteiger partial charge in [-0.3, -0.25) is 9.59 Å². The second-order valence-electron chi connectivity index (χ2n) is 7.08. The lowest BCUT2D eigenvalue weighted by atomic mass is 9.95. The Kier molecular flexibility index (Phi) is 5.61. The highest BCUT2D eigenvalue weighted by atomic mass is 16.5. The maximum absolute atomic E-state index is 13.2. The van der Waals surface area contributed by atoms with Crippen LogP contribution in [0.2, 0.25) is 0 Å². The van der Waals surface area contributed by atoms with E-state index in [-0.39, 0.29) is 17.7 Å². The predicted octanol–water partition coefficient (Wildman–Crippen LogP) is 2.83. The van der Waals surface area contributed by atoms with E-state index in [1.165, 1.54) is 0 Å². The number of para-hydroxylation sites is 1. The molecule has 1 heterocycles. The number of benzene rings is 1. The van der Waals surface area contributed by atoms with Crippen LogP contribution < -0.4 is 4.74 Å². The molecule has 2 fully saturated rings. The molecular weight excluding hydrogens is 316 g/mol. The van der Waals surface area contributed by atoms with Gasteiger partial charge in [0.1, 0.15) is 5.75 Å². The summed E-state index contributed by atoms with van der Waals surface area (Å²) in [6.07, 6.45) is 4.24. The first-order chi connectivity index (χ1) is 12.1. The van der Waals surface area contributed by atoms with Gasteiger partial charge in [-0.2, -0.15) is 0 Å². The van der Waals surface area contributed by atoms with Gasteiger partial charge in [-0.1, -0.05) is 25.1 Å². The third-order valence-electron chi connectivity index (χ3n) is 5.15. The van der Waals surface area contributed by atoms with E-state index in [0.717, 1.165) is 37.1 Å². The molecule has 1 aromatic carbocycles. The molecule has 1 atom stereocenters. The molecule has 0 radical (unpaired) electrons. The average molecular weight is 344 g/mol. The number of ether oxygens (including phenoxy) is 1. The van der Waals surface area contributed by atoms with Gasteiger partial charge >= 0.3 is 0 Å². The quantitative estimate of drug-likeness (QED) is 0.764. The van der Waals surface area contributed by atoms with Crippen molar-refractivity contribution in [3.8, 4) is 5.75 Å². The number of hydrogen-bond acceptors (Lipinski definition) is 3. The Hall–Kier alpha value is -2.04. The standard InChI is InChI=1S/C20H28N2O3/c1-3-12-21-13-16(8-11-19(21)23)20(24)22(17-9-10-17)14-15-6-4-5-7-18(15)25-2/h4-7,16-17H,3,8-14H2,1-2H3. The summed E-state index contributed by atoms with van der Waals surface area (Å²) < 4.78 is 5.44. The Morgan fingerprint density at radius 2 is 2.04 bits per heavy atom. The summed E-state index contributed by atoms with van der Waals surface area (Å²) in [5.41, 5.74) is 1.04. The second-order valence-corrected chi connectivity index (χ2v) is 7.08. The fourth-order valence-electron chi connectivity index (χ4n) is 3.63. The summed E-state index contributed by atoms with van der Waals surface area (Å²) >= 11 is 0. The minimum absolute atomic E-state index is 0.0699. The molecule has 1 saturated carbocycles. The van der Waals surface area contributed by atoms with Crippen molar-refractivity contribution in [3.05, 3.63) is 29.8 Å². The third kappa shape index (κ3) is 4.14. The van der Waals surface area contributed by atoms with Crippen LogP contribution in [0.1, 0.15) is 44.6 Å². The molecule has 136 valence electrons. The van der Waals surface area contributed by atoms with Crippen LogP contribution in [0.4, 0.5) is 0 Å². The zero-order valence-corrected chi connectivity index (χ0v) is 15.2. The molecule has 1 unspecified atom stereocenters. The van der Waals surface area contributed by atoms with E-state index in [2.05, 4.69) is 6.92 Å². The highest BCUT2D eigenvalue weighted by molar-refractivity contribution is 5.84. The largest absolute Gasteiger partial charge is 0.496 e. The zero-order valence-electron chi connectivity index (χ0n) is 15.2. The van der Waals surface area contributed by atoms with E-state index in [0.29, 0.717) is 32.0 Å². The first-order valence-corrected chi connectivity index (χ1v) is 9.34. The number of likely N-dealkylation sites (tertiary alicyclic amines) is 1. The van der Waals surface area contributed by atoms with Gasteiger partial charge in [-0.05, 0) is 31.7 Å². The highest BCUT2D eigenvalue weighted by Gasteiger charge is 2.38. The minimum atomic E-state index is -0.0699. The van der Waals surface area contributed by atoms with Crippen molar-refractivity contribution in [2.45, 2.75) is 51.6 Å². The molecular formula is C20H28N2O3. The maximum atomic E-state index is 13.2. The number of amides is 2. The lowest BCUT2D eigenvalue weighted by Gasteiger charge is -2.35. The van der Waals surface area contributed by atoms with Gasteiger partial charge in [0.15, 0.2) is 0 Å². The molecule has 5 nitrogen and oxygen atoms in total. The smallest absolute Gasteiger partial charge is 0.228 e. The Labute approximate surface area is 149 Å². The molecule has 2 aliphatic rings. The van der Waals surface area contributed by atoms with Crippen molar-refractivity contribution < 1.29 is 14.3 Å². The van der Waals surface area contributed by atoms with E-state index in [1.807, 2.05) is 34.1 Å². The third-order valence-corrected chi connectivity index (χ3v) is 5.15. The number of rotatable bonds is 7. The minimum Gasteiger partial charge on any atom is -0.496 e. The SMILES string of the molecule is CCCN1CC(C(=O)N(Cc2ccccc2OC)C2CC2)CCC1=O. The second kappa shape index (κ2) is 7.89. The number of carbonyl (C=O) groups excluding carboxylic acids is 2. The molecule has 1 aliphatic heterocycles. The summed E-state index contributed by atoms with van der Waals surface area (Å²) in [5.74, 6) is 1.14. The maximum Gasteiger partial charge on any atom is 0.228 e. The van der Waals surface area contributed by atoms with Crippen molar-refractivity contribution in [1.29, 1.82) is 0 Å². The van der Waals surface area contributed by atoms with Crippen molar-refractivity contribution >= 4 is 11.8 Å². The number of nitrogens with zero attached hydrogens (tertiary/aromatic N) is 2. The van der Waals surface area contributed by atoms with Gasteiger partial charge in [0.25, 0.3) is 0 Å². The molecule has 1 aliphatic carbocycles. The molecule has 5 heteroatoms. The summed E-state index contributed by atoms with van der Waals surface area (Å²) in [6.45, 7) is 3.97. The van der Waals surface area contributed by atoms with Gasteiger partial charge < -0.3 is 14.5 Å². The van der Waals surface area contributed by atoms with Crippen LogP contribution in [0.5, 0.6) is 5.75 Å². The lowest BCUT2D eigenvalue weighted by Crippen LogP contribution is -2.47. The van der Waals surface area contributed by atoms with E-state index < -0.39 is 0 Å². The van der Waals surface area contributed by atoms with Crippen molar-refractivity contribution in [2.24, 2.45) is 5.92 Å². The van der Waals surface area contributed by atoms with Gasteiger partial charge in [-0.25, -0.2) is 0 Å². The normalized spacial score (nSPS) is 20.5. The molecule has 0 N–H and O–H groups in total. The summed E-state index contributed by atoms with van der Waals surface area (Å²) in [6, 6.07) is 8.23. The van der Waals surface area contributed by atoms with Gasteiger partial charge in [-0.15, -0.1) is 0 Å². The van der Waals surface area contributed by atoms with E-state index in [1.54, 1.807) is 7.11 Å². The van der Waals surface area contributed by atoms with Crippen LogP contribution in [-0.2, 0) is 16.1 Å². The van der Waals surface area contributed by atoms with Crippen LogP contribution in [0.25, 0.3) is 0 Å². The first kappa shape index (κ1) is 17.8. The monoisotopic (exact) mass is 344 g/mol. The van der Waals surface area contributed by atoms with Crippen LogP contribution in [0.15, 0.2) is 24.3 Å². The van der Waals surface area contributed by atoms with E-state index in [9.17, 15) is 9.59 Å². The molecule has 25 heavy (non-hydrogen) atoms. The summed E-state index contributed by atoms with van der Waals surface area (Å²) in [4.78, 5) is 29.1. The lowest BCUT2D eigenvalue weighted by molar-refractivity contribution is -0.143. The first-order valence-electron chi connectivity index (χ1n) is 9.34. The molecule has 3 rings (SSSR count). The number of hydrogen-bond donors (Lipinski definition) is 0. The summed E-state index contributed by atoms with van der Waals surface area (Å²) in [5, 5.41) is 0. The zero-order chi connectivity index (χ0) is 17.8. The fourth-order valence-corrected chi connectivity index (χ4v) is 3.63. The van der Waals surface area contributed by atoms with Crippen LogP contribution in [0.3, 0.4) is 0 Å². The Morgan fingerprint density at radius 3 is 2.72 bits per heavy atom. The number of piperidine rings is 1. The van der Waals surface area contributed by atoms with Crippen LogP contribution >= 0.6 is 0 Å². The summed E-state index contributed by atoms with van der Waals surface area (Å²) in [7, 11) is 1.66. The predicted molar refractivity (Wildman–Crippen MR) is 96.2 cm³/mol.